The minimum absolute atomic E-state index is 0.801. The van der Waals surface area contributed by atoms with Gasteiger partial charge < -0.3 is 5.32 Å². The number of nitrogens with zero attached hydrogens (tertiary/aromatic N) is 2. The molecule has 0 aliphatic carbocycles. The highest BCUT2D eigenvalue weighted by molar-refractivity contribution is 4.99. The topological polar surface area (TPSA) is 18.5 Å². The molecule has 0 amide bonds. The molecule has 4 unspecified atom stereocenters. The molecule has 4 fully saturated rings. The Kier molecular flexibility index (Phi) is 3.10. The van der Waals surface area contributed by atoms with E-state index in [1.807, 2.05) is 0 Å². The summed E-state index contributed by atoms with van der Waals surface area (Å²) in [4.78, 5) is 5.64. The summed E-state index contributed by atoms with van der Waals surface area (Å²) in [6.45, 7) is 5.42. The maximum Gasteiger partial charge on any atom is 0.0264 e. The fraction of sp³-hybridized carbons (Fsp3) is 1.00. The van der Waals surface area contributed by atoms with Gasteiger partial charge in [0, 0.05) is 43.8 Å². The molecule has 4 saturated heterocycles. The van der Waals surface area contributed by atoms with Gasteiger partial charge in [0.25, 0.3) is 0 Å². The third-order valence-electron chi connectivity index (χ3n) is 5.84. The van der Waals surface area contributed by atoms with Crippen LogP contribution in [0.1, 0.15) is 44.9 Å². The molecule has 18 heavy (non-hydrogen) atoms. The number of rotatable bonds is 1. The number of hydrogen-bond acceptors (Lipinski definition) is 3. The second-order valence-electron chi connectivity index (χ2n) is 6.88. The third kappa shape index (κ3) is 2.00. The number of nitrogens with one attached hydrogen (secondary N) is 1. The Morgan fingerprint density at radius 2 is 1.50 bits per heavy atom. The molecule has 0 aromatic carbocycles. The predicted octanol–water partition coefficient (Wildman–Crippen LogP) is 1.44. The van der Waals surface area contributed by atoms with Gasteiger partial charge in [-0.3, -0.25) is 9.80 Å². The largest absolute Gasteiger partial charge is 0.310 e. The third-order valence-corrected chi connectivity index (χ3v) is 5.84. The lowest BCUT2D eigenvalue weighted by Gasteiger charge is -2.38. The minimum atomic E-state index is 0.801. The van der Waals surface area contributed by atoms with Gasteiger partial charge in [-0.1, -0.05) is 6.42 Å². The van der Waals surface area contributed by atoms with Crippen LogP contribution in [0, 0.1) is 0 Å². The summed E-state index contributed by atoms with van der Waals surface area (Å²) >= 11 is 0. The summed E-state index contributed by atoms with van der Waals surface area (Å²) in [5.41, 5.74) is 0. The van der Waals surface area contributed by atoms with Crippen LogP contribution < -0.4 is 5.32 Å². The van der Waals surface area contributed by atoms with Crippen LogP contribution >= 0.6 is 0 Å². The Morgan fingerprint density at radius 3 is 2.50 bits per heavy atom. The van der Waals surface area contributed by atoms with Gasteiger partial charge in [-0.25, -0.2) is 0 Å². The zero-order valence-electron chi connectivity index (χ0n) is 11.5. The second kappa shape index (κ2) is 4.77. The highest BCUT2D eigenvalue weighted by Crippen LogP contribution is 2.32. The Hall–Kier alpha value is -0.120. The van der Waals surface area contributed by atoms with E-state index >= 15 is 0 Å². The van der Waals surface area contributed by atoms with E-state index in [0.29, 0.717) is 0 Å². The van der Waals surface area contributed by atoms with Gasteiger partial charge in [0.15, 0.2) is 0 Å². The van der Waals surface area contributed by atoms with Crippen molar-refractivity contribution >= 4 is 0 Å². The molecule has 4 aliphatic rings. The molecule has 3 heteroatoms. The quantitative estimate of drug-likeness (QED) is 0.758. The summed E-state index contributed by atoms with van der Waals surface area (Å²) in [5, 5.41) is 3.82. The summed E-state index contributed by atoms with van der Waals surface area (Å²) in [5.74, 6) is 0. The Labute approximate surface area is 111 Å². The van der Waals surface area contributed by atoms with E-state index in [1.165, 1.54) is 71.1 Å². The molecule has 0 radical (unpaired) electrons. The molecular formula is C15H27N3. The van der Waals surface area contributed by atoms with E-state index in [-0.39, 0.29) is 0 Å². The van der Waals surface area contributed by atoms with Crippen LogP contribution in [0.2, 0.25) is 0 Å². The maximum atomic E-state index is 3.82. The van der Waals surface area contributed by atoms with Crippen LogP contribution in [0.15, 0.2) is 0 Å². The zero-order chi connectivity index (χ0) is 11.9. The van der Waals surface area contributed by atoms with Gasteiger partial charge in [-0.05, 0) is 45.1 Å². The summed E-state index contributed by atoms with van der Waals surface area (Å²) < 4.78 is 0. The first-order valence-corrected chi connectivity index (χ1v) is 8.14. The number of likely N-dealkylation sites (tertiary alicyclic amines) is 1. The van der Waals surface area contributed by atoms with E-state index in [1.54, 1.807) is 0 Å². The minimum Gasteiger partial charge on any atom is -0.310 e. The molecule has 4 atom stereocenters. The van der Waals surface area contributed by atoms with Crippen molar-refractivity contribution in [2.45, 2.75) is 69.1 Å². The van der Waals surface area contributed by atoms with Gasteiger partial charge in [0.2, 0.25) is 0 Å². The summed E-state index contributed by atoms with van der Waals surface area (Å²) in [6.07, 6.45) is 10.0. The lowest BCUT2D eigenvalue weighted by Crippen LogP contribution is -2.49. The lowest BCUT2D eigenvalue weighted by molar-refractivity contribution is 0.110. The maximum absolute atomic E-state index is 3.82. The van der Waals surface area contributed by atoms with Crippen LogP contribution in [-0.4, -0.2) is 60.1 Å². The van der Waals surface area contributed by atoms with E-state index in [2.05, 4.69) is 15.1 Å². The number of hydrogen-bond donors (Lipinski definition) is 1. The average molecular weight is 249 g/mol. The Balaban J connectivity index is 1.46. The Morgan fingerprint density at radius 1 is 0.667 bits per heavy atom. The normalized spacial score (nSPS) is 46.0. The second-order valence-corrected chi connectivity index (χ2v) is 6.88. The van der Waals surface area contributed by atoms with Crippen molar-refractivity contribution in [3.63, 3.8) is 0 Å². The van der Waals surface area contributed by atoms with Crippen molar-refractivity contribution in [3.05, 3.63) is 0 Å². The van der Waals surface area contributed by atoms with Crippen molar-refractivity contribution in [2.75, 3.05) is 26.2 Å². The molecular weight excluding hydrogens is 222 g/mol. The molecule has 2 bridgehead atoms. The van der Waals surface area contributed by atoms with Gasteiger partial charge in [0.1, 0.15) is 0 Å². The fourth-order valence-electron chi connectivity index (χ4n) is 4.92. The molecule has 102 valence electrons. The van der Waals surface area contributed by atoms with Crippen molar-refractivity contribution in [1.82, 2.24) is 15.1 Å². The van der Waals surface area contributed by atoms with E-state index < -0.39 is 0 Å². The molecule has 3 nitrogen and oxygen atoms in total. The SMILES string of the molecule is C1CCN2CCC(N3CCC4CCC(C3)N4)C2C1. The van der Waals surface area contributed by atoms with Crippen LogP contribution in [0.5, 0.6) is 0 Å². The highest BCUT2D eigenvalue weighted by Gasteiger charge is 2.41. The number of piperidine rings is 1. The average Bonchev–Trinajstić information content (AvgIpc) is 2.94. The fourth-order valence-corrected chi connectivity index (χ4v) is 4.92. The first-order chi connectivity index (χ1) is 8.90. The smallest absolute Gasteiger partial charge is 0.0264 e. The molecule has 0 aromatic rings. The van der Waals surface area contributed by atoms with Gasteiger partial charge >= 0.3 is 0 Å². The van der Waals surface area contributed by atoms with Crippen LogP contribution in [0.4, 0.5) is 0 Å². The molecule has 4 aliphatic heterocycles. The van der Waals surface area contributed by atoms with Gasteiger partial charge in [0.05, 0.1) is 0 Å². The van der Waals surface area contributed by atoms with Crippen molar-refractivity contribution in [1.29, 1.82) is 0 Å². The molecule has 4 heterocycles. The molecule has 0 aromatic heterocycles. The zero-order valence-corrected chi connectivity index (χ0v) is 11.5. The predicted molar refractivity (Wildman–Crippen MR) is 73.8 cm³/mol. The Bertz CT molecular complexity index is 306. The molecule has 4 rings (SSSR count). The van der Waals surface area contributed by atoms with Crippen LogP contribution in [0.3, 0.4) is 0 Å². The van der Waals surface area contributed by atoms with Crippen LogP contribution in [0.25, 0.3) is 0 Å². The summed E-state index contributed by atoms with van der Waals surface area (Å²) in [7, 11) is 0. The van der Waals surface area contributed by atoms with Gasteiger partial charge in [-0.15, -0.1) is 0 Å². The standard InChI is InChI=1S/C15H27N3/c1-2-8-17-10-7-15(14(17)3-1)18-9-6-12-4-5-13(11-18)16-12/h12-16H,1-11H2. The summed E-state index contributed by atoms with van der Waals surface area (Å²) in [6, 6.07) is 3.42. The van der Waals surface area contributed by atoms with E-state index in [0.717, 1.165) is 24.2 Å². The molecule has 1 N–H and O–H groups in total. The highest BCUT2D eigenvalue weighted by atomic mass is 15.3. The van der Waals surface area contributed by atoms with Crippen molar-refractivity contribution in [3.8, 4) is 0 Å². The van der Waals surface area contributed by atoms with E-state index in [4.69, 9.17) is 0 Å². The monoisotopic (exact) mass is 249 g/mol. The first kappa shape index (κ1) is 11.7. The molecule has 0 spiro atoms. The van der Waals surface area contributed by atoms with Gasteiger partial charge in [-0.2, -0.15) is 0 Å². The van der Waals surface area contributed by atoms with Crippen LogP contribution in [-0.2, 0) is 0 Å². The molecule has 0 saturated carbocycles. The first-order valence-electron chi connectivity index (χ1n) is 8.14. The van der Waals surface area contributed by atoms with E-state index in [9.17, 15) is 0 Å². The lowest BCUT2D eigenvalue weighted by atomic mass is 9.96. The number of fused-ring (bicyclic) bond motifs is 3. The van der Waals surface area contributed by atoms with Crippen molar-refractivity contribution in [2.24, 2.45) is 0 Å². The van der Waals surface area contributed by atoms with Crippen molar-refractivity contribution < 1.29 is 0 Å².